The molecule has 0 saturated heterocycles. The summed E-state index contributed by atoms with van der Waals surface area (Å²) in [6, 6.07) is 7.61. The first-order chi connectivity index (χ1) is 8.97. The van der Waals surface area contributed by atoms with Gasteiger partial charge < -0.3 is 20.9 Å². The number of benzene rings is 1. The minimum absolute atomic E-state index is 0.228. The SMILES string of the molecule is CC(C)[NH2+]C[C@@H](O)COc1ccc(CC(N)=O)cc1. The Morgan fingerprint density at radius 2 is 2.00 bits per heavy atom. The van der Waals surface area contributed by atoms with Gasteiger partial charge in [0, 0.05) is 0 Å². The molecule has 1 aromatic carbocycles. The van der Waals surface area contributed by atoms with Crippen LogP contribution in [0.3, 0.4) is 0 Å². The van der Waals surface area contributed by atoms with Crippen molar-refractivity contribution in [3.63, 3.8) is 0 Å². The summed E-state index contributed by atoms with van der Waals surface area (Å²) in [5.74, 6) is 0.324. The summed E-state index contributed by atoms with van der Waals surface area (Å²) in [4.78, 5) is 10.7. The van der Waals surface area contributed by atoms with Crippen LogP contribution in [0.15, 0.2) is 24.3 Å². The molecule has 0 spiro atoms. The largest absolute Gasteiger partial charge is 0.491 e. The molecule has 0 heterocycles. The van der Waals surface area contributed by atoms with E-state index in [2.05, 4.69) is 19.2 Å². The molecule has 1 amide bonds. The summed E-state index contributed by atoms with van der Waals surface area (Å²) in [6.45, 7) is 5.03. The van der Waals surface area contributed by atoms with E-state index in [0.717, 1.165) is 5.56 Å². The second kappa shape index (κ2) is 7.76. The Labute approximate surface area is 113 Å². The molecule has 0 aliphatic rings. The monoisotopic (exact) mass is 267 g/mol. The van der Waals surface area contributed by atoms with E-state index in [1.807, 2.05) is 0 Å². The molecule has 0 bridgehead atoms. The number of hydrogen-bond acceptors (Lipinski definition) is 3. The molecule has 1 atom stereocenters. The molecule has 0 fully saturated rings. The number of amides is 1. The van der Waals surface area contributed by atoms with Crippen molar-refractivity contribution >= 4 is 5.91 Å². The molecule has 5 N–H and O–H groups in total. The van der Waals surface area contributed by atoms with E-state index in [1.165, 1.54) is 0 Å². The Morgan fingerprint density at radius 3 is 2.53 bits per heavy atom. The second-order valence-electron chi connectivity index (χ2n) is 4.97. The lowest BCUT2D eigenvalue weighted by molar-refractivity contribution is -0.688. The van der Waals surface area contributed by atoms with Crippen molar-refractivity contribution in [2.24, 2.45) is 5.73 Å². The van der Waals surface area contributed by atoms with E-state index in [-0.39, 0.29) is 18.9 Å². The quantitative estimate of drug-likeness (QED) is 0.589. The fourth-order valence-corrected chi connectivity index (χ4v) is 1.59. The van der Waals surface area contributed by atoms with E-state index in [9.17, 15) is 9.90 Å². The molecule has 5 nitrogen and oxygen atoms in total. The van der Waals surface area contributed by atoms with Gasteiger partial charge in [-0.3, -0.25) is 4.79 Å². The first-order valence-electron chi connectivity index (χ1n) is 6.49. The Kier molecular flexibility index (Phi) is 6.32. The van der Waals surface area contributed by atoms with Crippen LogP contribution in [0.4, 0.5) is 0 Å². The number of aliphatic hydroxyl groups excluding tert-OH is 1. The zero-order valence-electron chi connectivity index (χ0n) is 11.5. The summed E-state index contributed by atoms with van der Waals surface area (Å²) in [7, 11) is 0. The standard InChI is InChI=1S/C14H22N2O3/c1-10(2)16-8-12(17)9-19-13-5-3-11(4-6-13)7-14(15)18/h3-6,10,12,16-17H,7-9H2,1-2H3,(H2,15,18)/p+1/t12-/m1/s1. The second-order valence-corrected chi connectivity index (χ2v) is 4.97. The molecular weight excluding hydrogens is 244 g/mol. The van der Waals surface area contributed by atoms with Gasteiger partial charge in [-0.05, 0) is 31.5 Å². The predicted molar refractivity (Wildman–Crippen MR) is 72.8 cm³/mol. The van der Waals surface area contributed by atoms with Gasteiger partial charge in [-0.1, -0.05) is 12.1 Å². The molecule has 0 unspecified atom stereocenters. The Balaban J connectivity index is 2.35. The fourth-order valence-electron chi connectivity index (χ4n) is 1.59. The number of aliphatic hydroxyl groups is 1. The molecule has 0 saturated carbocycles. The smallest absolute Gasteiger partial charge is 0.221 e. The van der Waals surface area contributed by atoms with Crippen LogP contribution >= 0.6 is 0 Å². The van der Waals surface area contributed by atoms with E-state index >= 15 is 0 Å². The third-order valence-corrected chi connectivity index (χ3v) is 2.62. The number of hydrogen-bond donors (Lipinski definition) is 3. The van der Waals surface area contributed by atoms with Gasteiger partial charge in [0.15, 0.2) is 0 Å². The van der Waals surface area contributed by atoms with Gasteiger partial charge in [0.25, 0.3) is 0 Å². The number of ether oxygens (including phenoxy) is 1. The molecule has 0 aliphatic heterocycles. The number of nitrogens with two attached hydrogens (primary N) is 2. The highest BCUT2D eigenvalue weighted by Crippen LogP contribution is 2.12. The van der Waals surface area contributed by atoms with Gasteiger partial charge in [-0.25, -0.2) is 0 Å². The van der Waals surface area contributed by atoms with Crippen LogP contribution in [0.25, 0.3) is 0 Å². The third kappa shape index (κ3) is 6.79. The molecule has 1 rings (SSSR count). The van der Waals surface area contributed by atoms with Crippen LogP contribution in [-0.4, -0.2) is 36.3 Å². The molecule has 5 heteroatoms. The van der Waals surface area contributed by atoms with Gasteiger partial charge in [-0.15, -0.1) is 0 Å². The maximum absolute atomic E-state index is 10.7. The first-order valence-corrected chi connectivity index (χ1v) is 6.49. The van der Waals surface area contributed by atoms with Crippen LogP contribution in [0.5, 0.6) is 5.75 Å². The van der Waals surface area contributed by atoms with Gasteiger partial charge >= 0.3 is 0 Å². The van der Waals surface area contributed by atoms with Crippen molar-refractivity contribution in [3.8, 4) is 5.75 Å². The van der Waals surface area contributed by atoms with Gasteiger partial charge in [0.05, 0.1) is 12.5 Å². The van der Waals surface area contributed by atoms with E-state index < -0.39 is 6.10 Å². The Bertz CT molecular complexity index is 390. The minimum atomic E-state index is -0.493. The predicted octanol–water partition coefficient (Wildman–Crippen LogP) is -0.574. The van der Waals surface area contributed by atoms with E-state index in [0.29, 0.717) is 18.3 Å². The van der Waals surface area contributed by atoms with Crippen LogP contribution in [0, 0.1) is 0 Å². The lowest BCUT2D eigenvalue weighted by Gasteiger charge is -2.13. The summed E-state index contributed by atoms with van der Waals surface area (Å²) in [5.41, 5.74) is 5.97. The number of rotatable bonds is 8. The van der Waals surface area contributed by atoms with Gasteiger partial charge in [0.1, 0.15) is 25.0 Å². The Morgan fingerprint density at radius 1 is 1.37 bits per heavy atom. The van der Waals surface area contributed by atoms with Gasteiger partial charge in [-0.2, -0.15) is 0 Å². The number of carbonyl (C=O) groups excluding carboxylic acids is 1. The van der Waals surface area contributed by atoms with Crippen LogP contribution < -0.4 is 15.8 Å². The van der Waals surface area contributed by atoms with Crippen molar-refractivity contribution in [3.05, 3.63) is 29.8 Å². The summed E-state index contributed by atoms with van der Waals surface area (Å²) < 4.78 is 5.47. The average molecular weight is 267 g/mol. The van der Waals surface area contributed by atoms with Crippen molar-refractivity contribution in [1.29, 1.82) is 0 Å². The molecule has 0 aromatic heterocycles. The fraction of sp³-hybridized carbons (Fsp3) is 0.500. The zero-order chi connectivity index (χ0) is 14.3. The Hall–Kier alpha value is -1.59. The van der Waals surface area contributed by atoms with Gasteiger partial charge in [0.2, 0.25) is 5.91 Å². The normalized spacial score (nSPS) is 12.4. The molecular formula is C14H23N2O3+. The number of quaternary nitrogens is 1. The highest BCUT2D eigenvalue weighted by atomic mass is 16.5. The lowest BCUT2D eigenvalue weighted by atomic mass is 10.1. The van der Waals surface area contributed by atoms with Crippen molar-refractivity contribution in [2.45, 2.75) is 32.4 Å². The summed E-state index contributed by atoms with van der Waals surface area (Å²) >= 11 is 0. The summed E-state index contributed by atoms with van der Waals surface area (Å²) in [5, 5.41) is 11.8. The van der Waals surface area contributed by atoms with Crippen molar-refractivity contribution in [1.82, 2.24) is 0 Å². The maximum Gasteiger partial charge on any atom is 0.221 e. The van der Waals surface area contributed by atoms with Crippen molar-refractivity contribution in [2.75, 3.05) is 13.2 Å². The highest BCUT2D eigenvalue weighted by Gasteiger charge is 2.08. The minimum Gasteiger partial charge on any atom is -0.491 e. The molecule has 19 heavy (non-hydrogen) atoms. The van der Waals surface area contributed by atoms with Crippen LogP contribution in [-0.2, 0) is 11.2 Å². The molecule has 106 valence electrons. The van der Waals surface area contributed by atoms with Crippen LogP contribution in [0.1, 0.15) is 19.4 Å². The van der Waals surface area contributed by atoms with E-state index in [4.69, 9.17) is 10.5 Å². The zero-order valence-corrected chi connectivity index (χ0v) is 11.5. The summed E-state index contributed by atoms with van der Waals surface area (Å²) in [6.07, 6.45) is -0.264. The third-order valence-electron chi connectivity index (χ3n) is 2.62. The molecule has 0 aliphatic carbocycles. The number of carbonyl (C=O) groups is 1. The molecule has 1 aromatic rings. The van der Waals surface area contributed by atoms with Crippen LogP contribution in [0.2, 0.25) is 0 Å². The van der Waals surface area contributed by atoms with Crippen molar-refractivity contribution < 1.29 is 20.0 Å². The first kappa shape index (κ1) is 15.5. The highest BCUT2D eigenvalue weighted by molar-refractivity contribution is 5.76. The average Bonchev–Trinajstić information content (AvgIpc) is 2.35. The molecule has 0 radical (unpaired) electrons. The maximum atomic E-state index is 10.7. The topological polar surface area (TPSA) is 89.2 Å². The lowest BCUT2D eigenvalue weighted by Crippen LogP contribution is -2.90. The number of primary amides is 1. The van der Waals surface area contributed by atoms with E-state index in [1.54, 1.807) is 24.3 Å².